The zero-order valence-corrected chi connectivity index (χ0v) is 9.05. The van der Waals surface area contributed by atoms with E-state index >= 15 is 0 Å². The third-order valence-electron chi connectivity index (χ3n) is 1.23. The molecule has 0 aliphatic heterocycles. The van der Waals surface area contributed by atoms with Crippen LogP contribution in [0.5, 0.6) is 5.75 Å². The number of para-hydroxylation sites is 1. The third kappa shape index (κ3) is 3.62. The van der Waals surface area contributed by atoms with Gasteiger partial charge in [0.15, 0.2) is 0 Å². The van der Waals surface area contributed by atoms with E-state index in [1.807, 2.05) is 0 Å². The topological polar surface area (TPSA) is 108 Å². The van der Waals surface area contributed by atoms with Gasteiger partial charge < -0.3 is 0 Å². The molecule has 0 saturated heterocycles. The molecule has 1 N–H and O–H groups in total. The van der Waals surface area contributed by atoms with Crippen LogP contribution in [0.15, 0.2) is 30.3 Å². The molecule has 0 aliphatic carbocycles. The molecule has 0 fully saturated rings. The molecule has 0 spiro atoms. The SMILES string of the molecule is O=[N+]([O-])O[As](=O)(OO)Oc1ccccc1. The van der Waals surface area contributed by atoms with Gasteiger partial charge in [0, 0.05) is 0 Å². The molecular weight excluding hydrogens is 273 g/mol. The van der Waals surface area contributed by atoms with Crippen molar-refractivity contribution in [3.8, 4) is 5.75 Å². The number of rotatable bonds is 5. The van der Waals surface area contributed by atoms with Gasteiger partial charge in [0.1, 0.15) is 0 Å². The summed E-state index contributed by atoms with van der Waals surface area (Å²) < 4.78 is 22.8. The van der Waals surface area contributed by atoms with Crippen LogP contribution in [0.3, 0.4) is 0 Å². The van der Waals surface area contributed by atoms with E-state index < -0.39 is 19.6 Å². The second-order valence-electron chi connectivity index (χ2n) is 2.24. The predicted molar refractivity (Wildman–Crippen MR) is 45.3 cm³/mol. The molecule has 0 amide bonds. The molecule has 1 unspecified atom stereocenters. The summed E-state index contributed by atoms with van der Waals surface area (Å²) in [4.78, 5) is 9.92. The molecule has 15 heavy (non-hydrogen) atoms. The van der Waals surface area contributed by atoms with Crippen LogP contribution in [0, 0.1) is 10.1 Å². The van der Waals surface area contributed by atoms with Crippen LogP contribution in [-0.2, 0) is 11.4 Å². The Bertz CT molecular complexity index is 380. The van der Waals surface area contributed by atoms with Crippen molar-refractivity contribution in [2.45, 2.75) is 0 Å². The molecule has 0 radical (unpaired) electrons. The van der Waals surface area contributed by atoms with E-state index in [-0.39, 0.29) is 5.75 Å². The molecule has 1 rings (SSSR count). The monoisotopic (exact) mass is 279 g/mol. The van der Waals surface area contributed by atoms with Gasteiger partial charge in [-0.05, 0) is 0 Å². The summed E-state index contributed by atoms with van der Waals surface area (Å²) in [5.74, 6) is 0.0240. The van der Waals surface area contributed by atoms with E-state index in [9.17, 15) is 13.9 Å². The normalized spacial score (nSPS) is 13.9. The third-order valence-corrected chi connectivity index (χ3v) is 3.26. The van der Waals surface area contributed by atoms with Crippen molar-refractivity contribution in [1.82, 2.24) is 0 Å². The standard InChI is InChI=1S/C6H6AsNO7/c9-7(15-12,14-8(10)11)13-6-4-2-1-3-5-6/h1-5,12H. The van der Waals surface area contributed by atoms with Gasteiger partial charge in [-0.25, -0.2) is 0 Å². The molecule has 0 aromatic heterocycles. The molecule has 1 aromatic carbocycles. The second-order valence-corrected chi connectivity index (χ2v) is 5.18. The van der Waals surface area contributed by atoms with Crippen LogP contribution in [0.2, 0.25) is 0 Å². The summed E-state index contributed by atoms with van der Waals surface area (Å²) in [6.07, 6.45) is 0. The van der Waals surface area contributed by atoms with Crippen molar-refractivity contribution in [2.24, 2.45) is 0 Å². The maximum atomic E-state index is 11.3. The molecule has 0 aliphatic rings. The Labute approximate surface area is 86.8 Å². The minimum atomic E-state index is -5.28. The van der Waals surface area contributed by atoms with Crippen molar-refractivity contribution < 1.29 is 25.5 Å². The first kappa shape index (κ1) is 11.6. The first-order chi connectivity index (χ1) is 7.06. The zero-order chi connectivity index (χ0) is 11.3. The summed E-state index contributed by atoms with van der Waals surface area (Å²) in [6.45, 7) is 0. The summed E-state index contributed by atoms with van der Waals surface area (Å²) in [5.41, 5.74) is 0. The second kappa shape index (κ2) is 4.83. The summed E-state index contributed by atoms with van der Waals surface area (Å²) in [6, 6.07) is 7.48. The van der Waals surface area contributed by atoms with Crippen LogP contribution in [0.4, 0.5) is 0 Å². The molecule has 82 valence electrons. The predicted octanol–water partition coefficient (Wildman–Crippen LogP) is 0.629. The average molecular weight is 279 g/mol. The van der Waals surface area contributed by atoms with E-state index in [1.54, 1.807) is 18.2 Å². The van der Waals surface area contributed by atoms with E-state index in [0.29, 0.717) is 0 Å². The van der Waals surface area contributed by atoms with Gasteiger partial charge in [-0.2, -0.15) is 0 Å². The van der Waals surface area contributed by atoms with Gasteiger partial charge in [-0.15, -0.1) is 0 Å². The Balaban J connectivity index is 2.77. The quantitative estimate of drug-likeness (QED) is 0.364. The fourth-order valence-corrected chi connectivity index (χ4v) is 2.08. The Morgan fingerprint density at radius 1 is 1.33 bits per heavy atom. The molecule has 9 heteroatoms. The van der Waals surface area contributed by atoms with Gasteiger partial charge in [0.2, 0.25) is 0 Å². The van der Waals surface area contributed by atoms with Crippen LogP contribution in [-0.4, -0.2) is 24.9 Å². The van der Waals surface area contributed by atoms with Crippen molar-refractivity contribution in [2.75, 3.05) is 0 Å². The number of nitrogens with zero attached hydrogens (tertiary/aromatic N) is 1. The van der Waals surface area contributed by atoms with Gasteiger partial charge in [0.25, 0.3) is 0 Å². The average Bonchev–Trinajstić information content (AvgIpc) is 2.18. The van der Waals surface area contributed by atoms with Gasteiger partial charge in [-0.3, -0.25) is 0 Å². The zero-order valence-electron chi connectivity index (χ0n) is 7.18. The van der Waals surface area contributed by atoms with Crippen molar-refractivity contribution in [3.05, 3.63) is 40.4 Å². The Kier molecular flexibility index (Phi) is 3.73. The number of hydrogen-bond donors (Lipinski definition) is 1. The number of hydrogen-bond acceptors (Lipinski definition) is 7. The van der Waals surface area contributed by atoms with E-state index in [4.69, 9.17) is 5.26 Å². The summed E-state index contributed by atoms with van der Waals surface area (Å²) >= 11 is -5.28. The molecule has 1 atom stereocenters. The molecule has 0 bridgehead atoms. The number of benzene rings is 1. The molecule has 0 saturated carbocycles. The van der Waals surface area contributed by atoms with Crippen molar-refractivity contribution in [3.63, 3.8) is 0 Å². The Morgan fingerprint density at radius 3 is 2.40 bits per heavy atom. The first-order valence-corrected chi connectivity index (χ1v) is 6.64. The van der Waals surface area contributed by atoms with Crippen molar-refractivity contribution in [1.29, 1.82) is 0 Å². The summed E-state index contributed by atoms with van der Waals surface area (Å²) in [5, 5.41) is 16.8. The van der Waals surface area contributed by atoms with Crippen LogP contribution >= 0.6 is 0 Å². The molecule has 1 aromatic rings. The van der Waals surface area contributed by atoms with Crippen molar-refractivity contribution >= 4 is 14.5 Å². The van der Waals surface area contributed by atoms with E-state index in [2.05, 4.69) is 11.4 Å². The molecule has 0 heterocycles. The first-order valence-electron chi connectivity index (χ1n) is 3.58. The molecule has 8 nitrogen and oxygen atoms in total. The van der Waals surface area contributed by atoms with Crippen LogP contribution < -0.4 is 3.73 Å². The van der Waals surface area contributed by atoms with E-state index in [1.165, 1.54) is 12.1 Å². The Hall–Kier alpha value is -1.50. The van der Waals surface area contributed by atoms with Gasteiger partial charge in [-0.1, -0.05) is 0 Å². The van der Waals surface area contributed by atoms with Gasteiger partial charge >= 0.3 is 86.2 Å². The van der Waals surface area contributed by atoms with Crippen LogP contribution in [0.25, 0.3) is 0 Å². The minimum absolute atomic E-state index is 0.0240. The van der Waals surface area contributed by atoms with Gasteiger partial charge in [0.05, 0.1) is 0 Å². The van der Waals surface area contributed by atoms with E-state index in [0.717, 1.165) is 0 Å². The van der Waals surface area contributed by atoms with Crippen LogP contribution in [0.1, 0.15) is 0 Å². The fraction of sp³-hybridized carbons (Fsp3) is 0. The Morgan fingerprint density at radius 2 is 1.93 bits per heavy atom. The maximum absolute atomic E-state index is 11.3. The fourth-order valence-electron chi connectivity index (χ4n) is 0.740. The molecular formula is C6H6AsNO7. The summed E-state index contributed by atoms with van der Waals surface area (Å²) in [7, 11) is 0.